The molecular formula is C19H22N4O. The van der Waals surface area contributed by atoms with Crippen LogP contribution in [0.3, 0.4) is 0 Å². The average Bonchev–Trinajstić information content (AvgIpc) is 2.68. The van der Waals surface area contributed by atoms with Crippen LogP contribution in [0.2, 0.25) is 0 Å². The van der Waals surface area contributed by atoms with E-state index in [1.807, 2.05) is 11.0 Å². The fourth-order valence-electron chi connectivity index (χ4n) is 3.79. The highest BCUT2D eigenvalue weighted by Crippen LogP contribution is 2.30. The van der Waals surface area contributed by atoms with Crippen LogP contribution in [0.1, 0.15) is 24.8 Å². The largest absolute Gasteiger partial charge is 0.355 e. The van der Waals surface area contributed by atoms with Crippen LogP contribution in [0, 0.1) is 5.92 Å². The SMILES string of the molecule is O=C(C1CCN(c2cnccn2)CC1)N1CCCc2ccccc21. The summed E-state index contributed by atoms with van der Waals surface area (Å²) < 4.78 is 0. The molecule has 2 aliphatic heterocycles. The molecule has 24 heavy (non-hydrogen) atoms. The molecule has 124 valence electrons. The summed E-state index contributed by atoms with van der Waals surface area (Å²) in [4.78, 5) is 25.8. The lowest BCUT2D eigenvalue weighted by Crippen LogP contribution is -2.44. The maximum absolute atomic E-state index is 13.0. The van der Waals surface area contributed by atoms with E-state index in [9.17, 15) is 4.79 Å². The van der Waals surface area contributed by atoms with Gasteiger partial charge in [-0.25, -0.2) is 4.98 Å². The number of aromatic nitrogens is 2. The lowest BCUT2D eigenvalue weighted by molar-refractivity contribution is -0.123. The zero-order valence-corrected chi connectivity index (χ0v) is 13.8. The molecule has 0 radical (unpaired) electrons. The van der Waals surface area contributed by atoms with Crippen molar-refractivity contribution in [2.75, 3.05) is 29.4 Å². The van der Waals surface area contributed by atoms with E-state index >= 15 is 0 Å². The maximum atomic E-state index is 13.0. The van der Waals surface area contributed by atoms with Gasteiger partial charge in [-0.05, 0) is 37.3 Å². The molecule has 0 bridgehead atoms. The van der Waals surface area contributed by atoms with Crippen LogP contribution >= 0.6 is 0 Å². The molecule has 1 amide bonds. The second-order valence-electron chi connectivity index (χ2n) is 6.55. The van der Waals surface area contributed by atoms with Gasteiger partial charge in [0.25, 0.3) is 0 Å². The van der Waals surface area contributed by atoms with Crippen molar-refractivity contribution in [2.24, 2.45) is 5.92 Å². The third-order valence-corrected chi connectivity index (χ3v) is 5.09. The molecule has 3 heterocycles. The molecule has 0 unspecified atom stereocenters. The Labute approximate surface area is 142 Å². The fraction of sp³-hybridized carbons (Fsp3) is 0.421. The Morgan fingerprint density at radius 1 is 1.08 bits per heavy atom. The predicted molar refractivity (Wildman–Crippen MR) is 94.1 cm³/mol. The van der Waals surface area contributed by atoms with Gasteiger partial charge in [0.1, 0.15) is 5.82 Å². The van der Waals surface area contributed by atoms with E-state index in [0.717, 1.165) is 56.8 Å². The zero-order chi connectivity index (χ0) is 16.4. The maximum Gasteiger partial charge on any atom is 0.230 e. The Morgan fingerprint density at radius 2 is 1.92 bits per heavy atom. The van der Waals surface area contributed by atoms with Crippen molar-refractivity contribution in [1.29, 1.82) is 0 Å². The van der Waals surface area contributed by atoms with E-state index in [0.29, 0.717) is 5.91 Å². The van der Waals surface area contributed by atoms with Crippen LogP contribution in [0.15, 0.2) is 42.9 Å². The Morgan fingerprint density at radius 3 is 2.71 bits per heavy atom. The summed E-state index contributed by atoms with van der Waals surface area (Å²) >= 11 is 0. The summed E-state index contributed by atoms with van der Waals surface area (Å²) in [5.41, 5.74) is 2.42. The van der Waals surface area contributed by atoms with Gasteiger partial charge in [-0.2, -0.15) is 0 Å². The molecule has 1 aromatic carbocycles. The van der Waals surface area contributed by atoms with Crippen LogP contribution in [0.4, 0.5) is 11.5 Å². The predicted octanol–water partition coefficient (Wildman–Crippen LogP) is 2.67. The van der Waals surface area contributed by atoms with Crippen molar-refractivity contribution < 1.29 is 4.79 Å². The van der Waals surface area contributed by atoms with E-state index in [1.165, 1.54) is 5.56 Å². The van der Waals surface area contributed by atoms with E-state index in [2.05, 4.69) is 33.1 Å². The number of amides is 1. The Balaban J connectivity index is 1.44. The zero-order valence-electron chi connectivity index (χ0n) is 13.8. The van der Waals surface area contributed by atoms with Gasteiger partial charge >= 0.3 is 0 Å². The molecule has 0 aliphatic carbocycles. The van der Waals surface area contributed by atoms with Gasteiger partial charge in [-0.1, -0.05) is 18.2 Å². The fourth-order valence-corrected chi connectivity index (χ4v) is 3.79. The Hall–Kier alpha value is -2.43. The van der Waals surface area contributed by atoms with E-state index < -0.39 is 0 Å². The van der Waals surface area contributed by atoms with Gasteiger partial charge in [0.2, 0.25) is 5.91 Å². The first-order valence-corrected chi connectivity index (χ1v) is 8.73. The van der Waals surface area contributed by atoms with Gasteiger partial charge in [0.05, 0.1) is 6.20 Å². The number of anilines is 2. The average molecular weight is 322 g/mol. The number of para-hydroxylation sites is 1. The molecule has 1 saturated heterocycles. The molecule has 2 aromatic rings. The lowest BCUT2D eigenvalue weighted by Gasteiger charge is -2.36. The lowest BCUT2D eigenvalue weighted by atomic mass is 9.93. The second-order valence-corrected chi connectivity index (χ2v) is 6.55. The molecular weight excluding hydrogens is 300 g/mol. The highest BCUT2D eigenvalue weighted by Gasteiger charge is 2.31. The smallest absolute Gasteiger partial charge is 0.230 e. The third-order valence-electron chi connectivity index (χ3n) is 5.09. The topological polar surface area (TPSA) is 49.3 Å². The van der Waals surface area contributed by atoms with Crippen LogP contribution in [-0.2, 0) is 11.2 Å². The summed E-state index contributed by atoms with van der Waals surface area (Å²) in [6, 6.07) is 8.32. The van der Waals surface area contributed by atoms with Gasteiger partial charge in [-0.15, -0.1) is 0 Å². The summed E-state index contributed by atoms with van der Waals surface area (Å²) in [5, 5.41) is 0. The molecule has 0 saturated carbocycles. The standard InChI is InChI=1S/C19H22N4O/c24-19(23-11-3-5-15-4-1-2-6-17(15)23)16-7-12-22(13-8-16)18-14-20-9-10-21-18/h1-2,4,6,9-10,14,16H,3,5,7-8,11-13H2. The van der Waals surface area contributed by atoms with E-state index in [4.69, 9.17) is 0 Å². The molecule has 0 atom stereocenters. The quantitative estimate of drug-likeness (QED) is 0.853. The van der Waals surface area contributed by atoms with Crippen molar-refractivity contribution in [1.82, 2.24) is 9.97 Å². The van der Waals surface area contributed by atoms with Crippen molar-refractivity contribution in [2.45, 2.75) is 25.7 Å². The van der Waals surface area contributed by atoms with Crippen molar-refractivity contribution >= 4 is 17.4 Å². The number of benzene rings is 1. The number of carbonyl (C=O) groups is 1. The van der Waals surface area contributed by atoms with Crippen LogP contribution in [0.25, 0.3) is 0 Å². The molecule has 5 nitrogen and oxygen atoms in total. The third kappa shape index (κ3) is 2.86. The monoisotopic (exact) mass is 322 g/mol. The highest BCUT2D eigenvalue weighted by molar-refractivity contribution is 5.96. The van der Waals surface area contributed by atoms with Crippen LogP contribution in [0.5, 0.6) is 0 Å². The first kappa shape index (κ1) is 15.1. The minimum absolute atomic E-state index is 0.115. The van der Waals surface area contributed by atoms with Gasteiger partial charge < -0.3 is 9.80 Å². The molecule has 1 aromatic heterocycles. The van der Waals surface area contributed by atoms with Gasteiger partial charge in [-0.3, -0.25) is 9.78 Å². The number of fused-ring (bicyclic) bond motifs is 1. The second kappa shape index (κ2) is 6.59. The van der Waals surface area contributed by atoms with Gasteiger partial charge in [0.15, 0.2) is 0 Å². The van der Waals surface area contributed by atoms with Crippen molar-refractivity contribution in [3.8, 4) is 0 Å². The number of hydrogen-bond acceptors (Lipinski definition) is 4. The number of aryl methyl sites for hydroxylation is 1. The molecule has 5 heteroatoms. The number of piperidine rings is 1. The summed E-state index contributed by atoms with van der Waals surface area (Å²) in [5.74, 6) is 1.32. The minimum Gasteiger partial charge on any atom is -0.355 e. The van der Waals surface area contributed by atoms with E-state index in [1.54, 1.807) is 18.6 Å². The first-order valence-electron chi connectivity index (χ1n) is 8.73. The summed E-state index contributed by atoms with van der Waals surface area (Å²) in [7, 11) is 0. The molecule has 0 spiro atoms. The summed E-state index contributed by atoms with van der Waals surface area (Å²) in [6.45, 7) is 2.58. The number of rotatable bonds is 2. The molecule has 2 aliphatic rings. The number of carbonyl (C=O) groups excluding carboxylic acids is 1. The first-order chi connectivity index (χ1) is 11.8. The highest BCUT2D eigenvalue weighted by atomic mass is 16.2. The normalized spacial score (nSPS) is 18.3. The molecule has 0 N–H and O–H groups in total. The minimum atomic E-state index is 0.115. The Kier molecular flexibility index (Phi) is 4.15. The summed E-state index contributed by atoms with van der Waals surface area (Å²) in [6.07, 6.45) is 9.10. The van der Waals surface area contributed by atoms with Crippen molar-refractivity contribution in [3.63, 3.8) is 0 Å². The number of hydrogen-bond donors (Lipinski definition) is 0. The van der Waals surface area contributed by atoms with E-state index in [-0.39, 0.29) is 5.92 Å². The number of nitrogens with zero attached hydrogens (tertiary/aromatic N) is 4. The molecule has 1 fully saturated rings. The van der Waals surface area contributed by atoms with Crippen LogP contribution in [-0.4, -0.2) is 35.5 Å². The van der Waals surface area contributed by atoms with Crippen molar-refractivity contribution in [3.05, 3.63) is 48.4 Å². The Bertz CT molecular complexity index is 710. The molecule has 4 rings (SSSR count). The van der Waals surface area contributed by atoms with Crippen LogP contribution < -0.4 is 9.80 Å². The van der Waals surface area contributed by atoms with Gasteiger partial charge in [0, 0.05) is 43.6 Å².